The Labute approximate surface area is 449 Å². The standard InChI is InChI=1S/C28H38N4O3S.C26H36N6O5S2/c1-18-17-22(20-11-6-4-7-12-20)27(36-18)31-26(34)23-15-10-16-32(23)28(35)24(21-13-8-5-9-14-21)30-25(33)19(2)29-3;1-16(28-2)22(33)29-21(18-12-7-4-8-13-18)25(35)32-15-9-14-19(32)23(34)31-24-20(17-10-5-3-6-11-17)30-26(38-24)39(27,36)37/h4,6-7,11-12,17,19,21,23-24,29H,5,8-10,13-16H2,1-3H3,(H,30,33)(H,31,34);3,5-6,10-11,16,18-19,21,28H,4,7-9,12-15H2,1-2H3,(H,29,33)(H,31,34)(H2,27,36,37)/t19-,23-,24-;16-,19-,21-/m00/s1. The predicted molar refractivity (Wildman–Crippen MR) is 294 cm³/mol. The number of carbonyl (C=O) groups is 6. The first kappa shape index (κ1) is 57.1. The zero-order valence-corrected chi connectivity index (χ0v) is 46.1. The third-order valence-electron chi connectivity index (χ3n) is 15.0. The molecule has 18 nitrogen and oxygen atoms in total. The van der Waals surface area contributed by atoms with Crippen LogP contribution in [-0.4, -0.2) is 122 Å². The summed E-state index contributed by atoms with van der Waals surface area (Å²) in [4.78, 5) is 88.9. The van der Waals surface area contributed by atoms with Gasteiger partial charge in [0.25, 0.3) is 10.0 Å². The Kier molecular flexibility index (Phi) is 20.2. The molecule has 4 heterocycles. The molecular weight excluding hydrogens is 1010 g/mol. The number of nitrogens with one attached hydrogen (secondary N) is 6. The summed E-state index contributed by atoms with van der Waals surface area (Å²) in [5, 5.41) is 24.2. The highest BCUT2D eigenvalue weighted by atomic mass is 32.2. The number of rotatable bonds is 17. The van der Waals surface area contributed by atoms with Crippen molar-refractivity contribution in [1.29, 1.82) is 0 Å². The van der Waals surface area contributed by atoms with Crippen LogP contribution in [0.3, 0.4) is 0 Å². The topological polar surface area (TPSA) is 254 Å². The number of benzene rings is 2. The number of thiazole rings is 1. The molecule has 21 heteroatoms. The van der Waals surface area contributed by atoms with Gasteiger partial charge in [0.2, 0.25) is 39.8 Å². The Balaban J connectivity index is 0.000000219. The second-order valence-corrected chi connectivity index (χ2v) is 24.2. The van der Waals surface area contributed by atoms with Crippen LogP contribution in [0.15, 0.2) is 71.1 Å². The van der Waals surface area contributed by atoms with E-state index in [1.165, 1.54) is 0 Å². The summed E-state index contributed by atoms with van der Waals surface area (Å²) in [6.45, 7) is 6.48. The van der Waals surface area contributed by atoms with Crippen molar-refractivity contribution >= 4 is 78.1 Å². The van der Waals surface area contributed by atoms with Crippen molar-refractivity contribution in [3.63, 3.8) is 0 Å². The number of nitrogens with two attached hydrogens (primary N) is 1. The molecule has 2 aromatic heterocycles. The smallest absolute Gasteiger partial charge is 0.265 e. The van der Waals surface area contributed by atoms with Crippen LogP contribution in [0.1, 0.15) is 109 Å². The van der Waals surface area contributed by atoms with E-state index in [0.717, 1.165) is 103 Å². The number of anilines is 2. The van der Waals surface area contributed by atoms with Crippen LogP contribution >= 0.6 is 22.7 Å². The van der Waals surface area contributed by atoms with Gasteiger partial charge in [-0.05, 0) is 110 Å². The molecule has 2 aliphatic carbocycles. The maximum absolute atomic E-state index is 13.9. The minimum Gasteiger partial charge on any atom is -0.343 e. The summed E-state index contributed by atoms with van der Waals surface area (Å²) < 4.78 is 23.7. The summed E-state index contributed by atoms with van der Waals surface area (Å²) in [6.07, 6.45) is 12.4. The van der Waals surface area contributed by atoms with Crippen LogP contribution in [0.25, 0.3) is 22.4 Å². The van der Waals surface area contributed by atoms with Crippen LogP contribution in [0.4, 0.5) is 10.0 Å². The number of hydrogen-bond acceptors (Lipinski definition) is 13. The highest BCUT2D eigenvalue weighted by Crippen LogP contribution is 2.38. The van der Waals surface area contributed by atoms with Crippen molar-refractivity contribution in [1.82, 2.24) is 36.1 Å². The van der Waals surface area contributed by atoms with Crippen LogP contribution in [0.5, 0.6) is 0 Å². The molecule has 8 rings (SSSR count). The second kappa shape index (κ2) is 26.5. The maximum atomic E-state index is 13.9. The van der Waals surface area contributed by atoms with E-state index < -0.39 is 46.1 Å². The first-order valence-corrected chi connectivity index (χ1v) is 29.6. The molecule has 0 unspecified atom stereocenters. The lowest BCUT2D eigenvalue weighted by Crippen LogP contribution is -2.57. The van der Waals surface area contributed by atoms with Crippen molar-refractivity contribution in [3.8, 4) is 22.4 Å². The lowest BCUT2D eigenvalue weighted by atomic mass is 9.83. The number of likely N-dealkylation sites (tertiary alicyclic amines) is 2. The molecule has 0 bridgehead atoms. The fourth-order valence-electron chi connectivity index (χ4n) is 10.6. The van der Waals surface area contributed by atoms with Crippen LogP contribution in [0.2, 0.25) is 0 Å². The van der Waals surface area contributed by atoms with E-state index in [-0.39, 0.29) is 56.8 Å². The van der Waals surface area contributed by atoms with Gasteiger partial charge in [-0.25, -0.2) is 18.5 Å². The summed E-state index contributed by atoms with van der Waals surface area (Å²) in [6, 6.07) is 17.5. The molecule has 2 aromatic carbocycles. The monoisotopic (exact) mass is 1090 g/mol. The molecule has 2 saturated carbocycles. The van der Waals surface area contributed by atoms with Crippen molar-refractivity contribution in [3.05, 3.63) is 71.6 Å². The van der Waals surface area contributed by atoms with Crippen molar-refractivity contribution in [2.24, 2.45) is 17.0 Å². The molecule has 4 aromatic rings. The number of amides is 6. The van der Waals surface area contributed by atoms with Gasteiger partial charge < -0.3 is 41.7 Å². The lowest BCUT2D eigenvalue weighted by molar-refractivity contribution is -0.142. The summed E-state index contributed by atoms with van der Waals surface area (Å²) in [5.41, 5.74) is 2.96. The first-order valence-electron chi connectivity index (χ1n) is 26.4. The average Bonchev–Trinajstić information content (AvgIpc) is 4.27. The second-order valence-electron chi connectivity index (χ2n) is 20.2. The SMILES string of the molecule is CN[C@@H](C)C(=O)N[C@H](C(=O)N1CCC[C@H]1C(=O)Nc1sc(C)cc1-c1ccccc1)C1CCCCC1.CN[C@@H](C)C(=O)N[C@H](C(=O)N1CCC[C@H]1C(=O)Nc1sc(S(N)(=O)=O)nc1-c1ccccc1)C1CCCCC1. The minimum atomic E-state index is -4.09. The van der Waals surface area contributed by atoms with E-state index >= 15 is 0 Å². The fourth-order valence-corrected chi connectivity index (χ4v) is 13.2. The molecule has 406 valence electrons. The molecule has 2 saturated heterocycles. The Morgan fingerprint density at radius 2 is 1.05 bits per heavy atom. The van der Waals surface area contributed by atoms with Gasteiger partial charge in [0, 0.05) is 29.1 Å². The highest BCUT2D eigenvalue weighted by Gasteiger charge is 2.43. The molecular formula is C54H74N10O8S3. The number of primary sulfonamides is 1. The number of carbonyl (C=O) groups excluding carboxylic acids is 6. The normalized spacial score (nSPS) is 20.0. The minimum absolute atomic E-state index is 0.00654. The van der Waals surface area contributed by atoms with E-state index in [1.54, 1.807) is 73.3 Å². The van der Waals surface area contributed by atoms with Crippen molar-refractivity contribution in [2.75, 3.05) is 37.8 Å². The van der Waals surface area contributed by atoms with Crippen LogP contribution < -0.4 is 37.0 Å². The Morgan fingerprint density at radius 3 is 1.49 bits per heavy atom. The van der Waals surface area contributed by atoms with Gasteiger partial charge in [-0.1, -0.05) is 111 Å². The predicted octanol–water partition coefficient (Wildman–Crippen LogP) is 6.39. The molecule has 0 spiro atoms. The van der Waals surface area contributed by atoms with Crippen molar-refractivity contribution < 1.29 is 37.2 Å². The Morgan fingerprint density at radius 1 is 0.613 bits per heavy atom. The largest absolute Gasteiger partial charge is 0.343 e. The average molecular weight is 1090 g/mol. The molecule has 0 radical (unpaired) electrons. The molecule has 4 aliphatic rings. The Hall–Kier alpha value is -5.58. The van der Waals surface area contributed by atoms with E-state index in [1.807, 2.05) is 43.3 Å². The zero-order chi connectivity index (χ0) is 53.8. The van der Waals surface area contributed by atoms with Gasteiger partial charge >= 0.3 is 0 Å². The summed E-state index contributed by atoms with van der Waals surface area (Å²) >= 11 is 2.33. The number of aryl methyl sites for hydroxylation is 1. The van der Waals surface area contributed by atoms with E-state index in [4.69, 9.17) is 5.14 Å². The molecule has 8 N–H and O–H groups in total. The third-order valence-corrected chi connectivity index (χ3v) is 18.3. The molecule has 4 fully saturated rings. The van der Waals surface area contributed by atoms with Crippen LogP contribution in [-0.2, 0) is 38.8 Å². The number of nitrogens with zero attached hydrogens (tertiary/aromatic N) is 3. The van der Waals surface area contributed by atoms with Gasteiger partial charge in [0.1, 0.15) is 39.9 Å². The summed E-state index contributed by atoms with van der Waals surface area (Å²) in [7, 11) is -0.668. The molecule has 6 atom stereocenters. The lowest BCUT2D eigenvalue weighted by Gasteiger charge is -2.35. The quantitative estimate of drug-likeness (QED) is 0.0610. The van der Waals surface area contributed by atoms with Gasteiger partial charge in [0.15, 0.2) is 0 Å². The van der Waals surface area contributed by atoms with E-state index in [0.29, 0.717) is 43.6 Å². The third kappa shape index (κ3) is 14.5. The highest BCUT2D eigenvalue weighted by molar-refractivity contribution is 7.91. The number of hydrogen-bond donors (Lipinski definition) is 7. The van der Waals surface area contributed by atoms with Gasteiger partial charge in [-0.2, -0.15) is 0 Å². The number of thiophene rings is 1. The Bertz CT molecular complexity index is 2730. The van der Waals surface area contributed by atoms with Gasteiger partial charge in [0.05, 0.1) is 12.1 Å². The molecule has 2 aliphatic heterocycles. The maximum Gasteiger partial charge on any atom is 0.265 e. The number of likely N-dealkylation sites (N-methyl/N-ethyl adjacent to an activating group) is 2. The van der Waals surface area contributed by atoms with Crippen molar-refractivity contribution in [2.45, 2.75) is 151 Å². The molecule has 6 amide bonds. The molecule has 75 heavy (non-hydrogen) atoms. The number of sulfonamides is 1. The zero-order valence-electron chi connectivity index (χ0n) is 43.7. The summed E-state index contributed by atoms with van der Waals surface area (Å²) in [5.74, 6) is -1.29. The van der Waals surface area contributed by atoms with E-state index in [9.17, 15) is 37.2 Å². The number of aromatic nitrogens is 1. The fraction of sp³-hybridized carbons (Fsp3) is 0.537. The first-order chi connectivity index (χ1) is 36.0. The van der Waals surface area contributed by atoms with Gasteiger partial charge in [-0.15, -0.1) is 11.3 Å². The van der Waals surface area contributed by atoms with E-state index in [2.05, 4.69) is 43.0 Å². The van der Waals surface area contributed by atoms with Crippen LogP contribution in [0, 0.1) is 18.8 Å². The van der Waals surface area contributed by atoms with Gasteiger partial charge in [-0.3, -0.25) is 28.8 Å².